The van der Waals surface area contributed by atoms with Gasteiger partial charge in [-0.3, -0.25) is 4.74 Å². The fourth-order valence-electron chi connectivity index (χ4n) is 0.880. The van der Waals surface area contributed by atoms with Gasteiger partial charge in [-0.15, -0.1) is 0 Å². The molecule has 1 aliphatic rings. The number of carbonyl (C=O) groups excluding carboxylic acids is 1. The van der Waals surface area contributed by atoms with Crippen molar-refractivity contribution in [3.63, 3.8) is 0 Å². The van der Waals surface area contributed by atoms with E-state index in [9.17, 15) is 22.4 Å². The van der Waals surface area contributed by atoms with E-state index in [-0.39, 0.29) is 0 Å². The number of rotatable bonds is 3. The Labute approximate surface area is 76.3 Å². The van der Waals surface area contributed by atoms with E-state index >= 15 is 0 Å². The Kier molecular flexibility index (Phi) is 2.53. The maximum atomic E-state index is 12.3. The van der Waals surface area contributed by atoms with Crippen LogP contribution in [0.5, 0.6) is 0 Å². The first kappa shape index (κ1) is 11.0. The third-order valence-electron chi connectivity index (χ3n) is 1.64. The van der Waals surface area contributed by atoms with E-state index in [1.807, 2.05) is 0 Å². The lowest BCUT2D eigenvalue weighted by atomic mass is 10.0. The quantitative estimate of drug-likeness (QED) is 0.406. The lowest BCUT2D eigenvalue weighted by molar-refractivity contribution is -0.519. The van der Waals surface area contributed by atoms with Gasteiger partial charge in [-0.25, -0.2) is 4.79 Å². The summed E-state index contributed by atoms with van der Waals surface area (Å²) in [4.78, 5) is 10.4. The summed E-state index contributed by atoms with van der Waals surface area (Å²) in [5, 5.41) is 0. The summed E-state index contributed by atoms with van der Waals surface area (Å²) in [6, 6.07) is 0. The molecule has 0 aromatic carbocycles. The van der Waals surface area contributed by atoms with Gasteiger partial charge in [-0.05, 0) is 0 Å². The third kappa shape index (κ3) is 1.87. The van der Waals surface area contributed by atoms with E-state index < -0.39 is 30.7 Å². The summed E-state index contributed by atoms with van der Waals surface area (Å²) >= 11 is 0. The Morgan fingerprint density at radius 3 is 2.29 bits per heavy atom. The molecule has 0 unspecified atom stereocenters. The lowest BCUT2D eigenvalue weighted by Gasteiger charge is -2.42. The van der Waals surface area contributed by atoms with E-state index in [0.29, 0.717) is 6.08 Å². The summed E-state index contributed by atoms with van der Waals surface area (Å²) in [6.07, 6.45) is -7.22. The highest BCUT2D eigenvalue weighted by molar-refractivity contribution is 5.81. The van der Waals surface area contributed by atoms with E-state index in [2.05, 4.69) is 16.1 Å². The Morgan fingerprint density at radius 2 is 1.93 bits per heavy atom. The standard InChI is InChI=1S/C7H6F4O3/c1-2-5(12)13-3-4-6(8,9)14-7(4,10)11/h2,4H,1,3H2. The molecule has 0 aliphatic carbocycles. The van der Waals surface area contributed by atoms with Gasteiger partial charge in [0.15, 0.2) is 5.92 Å². The molecular formula is C7H6F4O3. The Balaban J connectivity index is 2.50. The second-order valence-electron chi connectivity index (χ2n) is 2.61. The average Bonchev–Trinajstić information content (AvgIpc) is 2.00. The van der Waals surface area contributed by atoms with Gasteiger partial charge in [0.2, 0.25) is 0 Å². The first-order valence-corrected chi connectivity index (χ1v) is 3.54. The van der Waals surface area contributed by atoms with Gasteiger partial charge in [0.25, 0.3) is 0 Å². The summed E-state index contributed by atoms with van der Waals surface area (Å²) in [7, 11) is 0. The van der Waals surface area contributed by atoms with E-state index in [0.717, 1.165) is 0 Å². The Morgan fingerprint density at radius 1 is 1.43 bits per heavy atom. The van der Waals surface area contributed by atoms with Crippen LogP contribution in [0.4, 0.5) is 17.6 Å². The van der Waals surface area contributed by atoms with Gasteiger partial charge in [0, 0.05) is 6.08 Å². The molecule has 0 saturated carbocycles. The van der Waals surface area contributed by atoms with Crippen LogP contribution in [0.2, 0.25) is 0 Å². The molecule has 0 radical (unpaired) electrons. The zero-order valence-corrected chi connectivity index (χ0v) is 6.81. The van der Waals surface area contributed by atoms with Crippen LogP contribution in [0.3, 0.4) is 0 Å². The molecule has 0 bridgehead atoms. The van der Waals surface area contributed by atoms with Crippen LogP contribution < -0.4 is 0 Å². The van der Waals surface area contributed by atoms with Gasteiger partial charge in [0.05, 0.1) is 0 Å². The van der Waals surface area contributed by atoms with Crippen molar-refractivity contribution in [2.45, 2.75) is 12.2 Å². The van der Waals surface area contributed by atoms with Crippen molar-refractivity contribution in [1.29, 1.82) is 0 Å². The average molecular weight is 214 g/mol. The van der Waals surface area contributed by atoms with Crippen LogP contribution in [0, 0.1) is 5.92 Å². The van der Waals surface area contributed by atoms with Crippen LogP contribution in [0.25, 0.3) is 0 Å². The van der Waals surface area contributed by atoms with E-state index in [1.54, 1.807) is 0 Å². The molecular weight excluding hydrogens is 208 g/mol. The molecule has 0 atom stereocenters. The molecule has 1 fully saturated rings. The molecule has 80 valence electrons. The predicted octanol–water partition coefficient (Wildman–Crippen LogP) is 1.55. The molecule has 1 aliphatic heterocycles. The predicted molar refractivity (Wildman–Crippen MR) is 35.6 cm³/mol. The van der Waals surface area contributed by atoms with Gasteiger partial charge >= 0.3 is 18.2 Å². The van der Waals surface area contributed by atoms with Crippen molar-refractivity contribution in [3.8, 4) is 0 Å². The second kappa shape index (κ2) is 3.23. The number of carbonyl (C=O) groups is 1. The summed E-state index contributed by atoms with van der Waals surface area (Å²) < 4.78 is 56.4. The fourth-order valence-corrected chi connectivity index (χ4v) is 0.880. The van der Waals surface area contributed by atoms with Gasteiger partial charge in [0.1, 0.15) is 6.61 Å². The zero-order valence-electron chi connectivity index (χ0n) is 6.81. The summed E-state index contributed by atoms with van der Waals surface area (Å²) in [5.74, 6) is -3.47. The first-order chi connectivity index (χ1) is 6.29. The monoisotopic (exact) mass is 214 g/mol. The number of ether oxygens (including phenoxy) is 2. The minimum absolute atomic E-state index is 0.690. The number of alkyl halides is 4. The van der Waals surface area contributed by atoms with Gasteiger partial charge in [-0.2, -0.15) is 17.6 Å². The van der Waals surface area contributed by atoms with E-state index in [1.165, 1.54) is 0 Å². The largest absolute Gasteiger partial charge is 0.462 e. The molecule has 0 spiro atoms. The highest BCUT2D eigenvalue weighted by Crippen LogP contribution is 2.51. The summed E-state index contributed by atoms with van der Waals surface area (Å²) in [5.41, 5.74) is 0. The number of halogens is 4. The molecule has 1 rings (SSSR count). The maximum Gasteiger partial charge on any atom is 0.374 e. The van der Waals surface area contributed by atoms with Crippen molar-refractivity contribution >= 4 is 5.97 Å². The SMILES string of the molecule is C=CC(=O)OCC1C(F)(F)OC1(F)F. The number of hydrogen-bond donors (Lipinski definition) is 0. The topological polar surface area (TPSA) is 35.5 Å². The summed E-state index contributed by atoms with van der Waals surface area (Å²) in [6.45, 7) is 1.87. The number of esters is 1. The Hall–Kier alpha value is -1.11. The van der Waals surface area contributed by atoms with Crippen molar-refractivity contribution in [1.82, 2.24) is 0 Å². The Bertz CT molecular complexity index is 250. The fraction of sp³-hybridized carbons (Fsp3) is 0.571. The smallest absolute Gasteiger partial charge is 0.374 e. The third-order valence-corrected chi connectivity index (χ3v) is 1.64. The van der Waals surface area contributed by atoms with Crippen LogP contribution in [-0.4, -0.2) is 24.8 Å². The van der Waals surface area contributed by atoms with Crippen LogP contribution in [-0.2, 0) is 14.3 Å². The minimum atomic E-state index is -3.95. The molecule has 3 nitrogen and oxygen atoms in total. The molecule has 0 aromatic heterocycles. The molecule has 14 heavy (non-hydrogen) atoms. The molecule has 0 N–H and O–H groups in total. The highest BCUT2D eigenvalue weighted by atomic mass is 19.3. The maximum absolute atomic E-state index is 12.3. The van der Waals surface area contributed by atoms with Gasteiger partial charge < -0.3 is 4.74 Å². The molecule has 0 amide bonds. The lowest BCUT2D eigenvalue weighted by Crippen LogP contribution is -2.61. The van der Waals surface area contributed by atoms with Crippen molar-refractivity contribution in [2.75, 3.05) is 6.61 Å². The first-order valence-electron chi connectivity index (χ1n) is 3.54. The van der Waals surface area contributed by atoms with Crippen LogP contribution >= 0.6 is 0 Å². The zero-order chi connectivity index (χ0) is 11.0. The van der Waals surface area contributed by atoms with Crippen LogP contribution in [0.1, 0.15) is 0 Å². The molecule has 1 heterocycles. The van der Waals surface area contributed by atoms with Crippen LogP contribution in [0.15, 0.2) is 12.7 Å². The van der Waals surface area contributed by atoms with Crippen molar-refractivity contribution in [2.24, 2.45) is 5.92 Å². The minimum Gasteiger partial charge on any atom is -0.462 e. The van der Waals surface area contributed by atoms with Crippen molar-refractivity contribution < 1.29 is 31.8 Å². The number of hydrogen-bond acceptors (Lipinski definition) is 3. The second-order valence-corrected chi connectivity index (χ2v) is 2.61. The van der Waals surface area contributed by atoms with E-state index in [4.69, 9.17) is 0 Å². The normalized spacial score (nSPS) is 23.7. The molecule has 7 heteroatoms. The molecule has 0 aromatic rings. The highest BCUT2D eigenvalue weighted by Gasteiger charge is 2.71. The van der Waals surface area contributed by atoms with Gasteiger partial charge in [-0.1, -0.05) is 6.58 Å². The van der Waals surface area contributed by atoms with Crippen molar-refractivity contribution in [3.05, 3.63) is 12.7 Å². The molecule has 1 saturated heterocycles.